The predicted molar refractivity (Wildman–Crippen MR) is 74.1 cm³/mol. The standard InChI is InChI=1S/C14H18N2OS/c1-9-7-12(10(2)17-9)13-8-18-14(16-13)11-3-5-15-6-4-11/h7-8,11,15H,3-6H2,1-2H3. The van der Waals surface area contributed by atoms with Crippen LogP contribution in [0.3, 0.4) is 0 Å². The van der Waals surface area contributed by atoms with Gasteiger partial charge in [-0.2, -0.15) is 0 Å². The topological polar surface area (TPSA) is 38.1 Å². The molecule has 1 aliphatic rings. The highest BCUT2D eigenvalue weighted by molar-refractivity contribution is 7.10. The minimum atomic E-state index is 0.637. The van der Waals surface area contributed by atoms with E-state index in [0.29, 0.717) is 5.92 Å². The summed E-state index contributed by atoms with van der Waals surface area (Å²) in [6.07, 6.45) is 2.41. The number of nitrogens with zero attached hydrogens (tertiary/aromatic N) is 1. The van der Waals surface area contributed by atoms with Crippen LogP contribution < -0.4 is 5.32 Å². The lowest BCUT2D eigenvalue weighted by Crippen LogP contribution is -2.26. The minimum absolute atomic E-state index is 0.637. The van der Waals surface area contributed by atoms with Crippen molar-refractivity contribution in [2.75, 3.05) is 13.1 Å². The number of thiazole rings is 1. The minimum Gasteiger partial charge on any atom is -0.466 e. The van der Waals surface area contributed by atoms with Gasteiger partial charge in [0.15, 0.2) is 0 Å². The first-order valence-electron chi connectivity index (χ1n) is 6.47. The van der Waals surface area contributed by atoms with Crippen LogP contribution in [0.1, 0.15) is 35.3 Å². The molecule has 1 fully saturated rings. The fraction of sp³-hybridized carbons (Fsp3) is 0.500. The van der Waals surface area contributed by atoms with E-state index in [0.717, 1.165) is 35.9 Å². The molecule has 3 rings (SSSR count). The molecule has 3 nitrogen and oxygen atoms in total. The molecule has 0 unspecified atom stereocenters. The summed E-state index contributed by atoms with van der Waals surface area (Å²) in [6.45, 7) is 6.22. The van der Waals surface area contributed by atoms with Crippen LogP contribution in [-0.4, -0.2) is 18.1 Å². The first-order valence-corrected chi connectivity index (χ1v) is 7.35. The van der Waals surface area contributed by atoms with Gasteiger partial charge in [0, 0.05) is 16.9 Å². The largest absolute Gasteiger partial charge is 0.466 e. The molecule has 2 aromatic rings. The Morgan fingerprint density at radius 3 is 2.78 bits per heavy atom. The molecule has 1 saturated heterocycles. The molecular weight excluding hydrogens is 244 g/mol. The Balaban J connectivity index is 1.86. The third kappa shape index (κ3) is 2.22. The highest BCUT2D eigenvalue weighted by Gasteiger charge is 2.19. The van der Waals surface area contributed by atoms with Gasteiger partial charge in [-0.25, -0.2) is 4.98 Å². The summed E-state index contributed by atoms with van der Waals surface area (Å²) in [5.41, 5.74) is 2.21. The molecule has 2 aromatic heterocycles. The summed E-state index contributed by atoms with van der Waals surface area (Å²) in [7, 11) is 0. The van der Waals surface area contributed by atoms with E-state index in [9.17, 15) is 0 Å². The zero-order chi connectivity index (χ0) is 12.5. The molecule has 0 aromatic carbocycles. The van der Waals surface area contributed by atoms with Gasteiger partial charge >= 0.3 is 0 Å². The highest BCUT2D eigenvalue weighted by Crippen LogP contribution is 2.33. The van der Waals surface area contributed by atoms with Gasteiger partial charge in [-0.15, -0.1) is 11.3 Å². The van der Waals surface area contributed by atoms with Crippen LogP contribution >= 0.6 is 11.3 Å². The molecular formula is C14H18N2OS. The Morgan fingerprint density at radius 1 is 1.33 bits per heavy atom. The number of piperidine rings is 1. The SMILES string of the molecule is Cc1cc(-c2csc(C3CCNCC3)n2)c(C)o1. The molecule has 0 aliphatic carbocycles. The molecule has 0 atom stereocenters. The van der Waals surface area contributed by atoms with Crippen LogP contribution in [0.25, 0.3) is 11.3 Å². The van der Waals surface area contributed by atoms with Crippen molar-refractivity contribution in [2.45, 2.75) is 32.6 Å². The van der Waals surface area contributed by atoms with Crippen molar-refractivity contribution in [2.24, 2.45) is 0 Å². The fourth-order valence-electron chi connectivity index (χ4n) is 2.55. The van der Waals surface area contributed by atoms with Gasteiger partial charge in [-0.05, 0) is 45.8 Å². The normalized spacial score (nSPS) is 17.2. The van der Waals surface area contributed by atoms with Gasteiger partial charge in [-0.3, -0.25) is 0 Å². The summed E-state index contributed by atoms with van der Waals surface area (Å²) >= 11 is 1.79. The van der Waals surface area contributed by atoms with Crippen molar-refractivity contribution in [1.29, 1.82) is 0 Å². The first kappa shape index (κ1) is 11.9. The van der Waals surface area contributed by atoms with Gasteiger partial charge in [0.25, 0.3) is 0 Å². The fourth-order valence-corrected chi connectivity index (χ4v) is 3.54. The van der Waals surface area contributed by atoms with Crippen LogP contribution in [0.4, 0.5) is 0 Å². The molecule has 4 heteroatoms. The Morgan fingerprint density at radius 2 is 2.11 bits per heavy atom. The lowest BCUT2D eigenvalue weighted by Gasteiger charge is -2.20. The third-order valence-electron chi connectivity index (χ3n) is 3.53. The lowest BCUT2D eigenvalue weighted by atomic mass is 9.99. The Labute approximate surface area is 111 Å². The van der Waals surface area contributed by atoms with Crippen molar-refractivity contribution >= 4 is 11.3 Å². The van der Waals surface area contributed by atoms with E-state index in [1.165, 1.54) is 17.8 Å². The second kappa shape index (κ2) is 4.86. The quantitative estimate of drug-likeness (QED) is 0.900. The number of rotatable bonds is 2. The second-order valence-corrected chi connectivity index (χ2v) is 5.81. The second-order valence-electron chi connectivity index (χ2n) is 4.92. The van der Waals surface area contributed by atoms with E-state index in [1.54, 1.807) is 11.3 Å². The van der Waals surface area contributed by atoms with Crippen molar-refractivity contribution in [3.05, 3.63) is 28.0 Å². The van der Waals surface area contributed by atoms with Crippen molar-refractivity contribution in [3.63, 3.8) is 0 Å². The molecule has 18 heavy (non-hydrogen) atoms. The third-order valence-corrected chi connectivity index (χ3v) is 4.53. The lowest BCUT2D eigenvalue weighted by molar-refractivity contribution is 0.459. The number of nitrogens with one attached hydrogen (secondary N) is 1. The summed E-state index contributed by atoms with van der Waals surface area (Å²) in [4.78, 5) is 4.81. The van der Waals surface area contributed by atoms with E-state index in [4.69, 9.17) is 9.40 Å². The van der Waals surface area contributed by atoms with Gasteiger partial charge in [0.1, 0.15) is 11.5 Å². The van der Waals surface area contributed by atoms with Crippen LogP contribution in [0.2, 0.25) is 0 Å². The Hall–Kier alpha value is -1.13. The number of furan rings is 1. The number of aryl methyl sites for hydroxylation is 2. The van der Waals surface area contributed by atoms with E-state index < -0.39 is 0 Å². The maximum atomic E-state index is 5.58. The first-order chi connectivity index (χ1) is 8.74. The summed E-state index contributed by atoms with van der Waals surface area (Å²) < 4.78 is 5.58. The Bertz CT molecular complexity index is 538. The van der Waals surface area contributed by atoms with Crippen molar-refractivity contribution in [3.8, 4) is 11.3 Å². The van der Waals surface area contributed by atoms with Gasteiger partial charge in [0.05, 0.1) is 10.7 Å². The predicted octanol–water partition coefficient (Wildman–Crippen LogP) is 3.49. The van der Waals surface area contributed by atoms with Crippen LogP contribution in [-0.2, 0) is 0 Å². The van der Waals surface area contributed by atoms with Crippen LogP contribution in [0.15, 0.2) is 15.9 Å². The van der Waals surface area contributed by atoms with E-state index >= 15 is 0 Å². The molecule has 0 bridgehead atoms. The van der Waals surface area contributed by atoms with Crippen LogP contribution in [0, 0.1) is 13.8 Å². The van der Waals surface area contributed by atoms with Gasteiger partial charge < -0.3 is 9.73 Å². The number of aromatic nitrogens is 1. The molecule has 0 saturated carbocycles. The van der Waals surface area contributed by atoms with E-state index in [-0.39, 0.29) is 0 Å². The maximum Gasteiger partial charge on any atom is 0.110 e. The van der Waals surface area contributed by atoms with Crippen molar-refractivity contribution in [1.82, 2.24) is 10.3 Å². The zero-order valence-corrected chi connectivity index (χ0v) is 11.6. The molecule has 0 amide bonds. The molecule has 1 aliphatic heterocycles. The molecule has 0 spiro atoms. The van der Waals surface area contributed by atoms with Crippen LogP contribution in [0.5, 0.6) is 0 Å². The van der Waals surface area contributed by atoms with E-state index in [2.05, 4.69) is 16.8 Å². The van der Waals surface area contributed by atoms with Crippen molar-refractivity contribution < 1.29 is 4.42 Å². The average Bonchev–Trinajstić information content (AvgIpc) is 2.97. The summed E-state index contributed by atoms with van der Waals surface area (Å²) in [6, 6.07) is 2.08. The maximum absolute atomic E-state index is 5.58. The Kier molecular flexibility index (Phi) is 3.22. The van der Waals surface area contributed by atoms with Gasteiger partial charge in [-0.1, -0.05) is 0 Å². The number of hydrogen-bond donors (Lipinski definition) is 1. The summed E-state index contributed by atoms with van der Waals surface area (Å²) in [5, 5.41) is 6.84. The highest BCUT2D eigenvalue weighted by atomic mass is 32.1. The zero-order valence-electron chi connectivity index (χ0n) is 10.8. The summed E-state index contributed by atoms with van der Waals surface area (Å²) in [5.74, 6) is 2.56. The average molecular weight is 262 g/mol. The molecule has 96 valence electrons. The van der Waals surface area contributed by atoms with Gasteiger partial charge in [0.2, 0.25) is 0 Å². The smallest absolute Gasteiger partial charge is 0.110 e. The molecule has 1 N–H and O–H groups in total. The molecule has 3 heterocycles. The molecule has 0 radical (unpaired) electrons. The monoisotopic (exact) mass is 262 g/mol. The van der Waals surface area contributed by atoms with E-state index in [1.807, 2.05) is 13.8 Å². The number of hydrogen-bond acceptors (Lipinski definition) is 4.